The highest BCUT2D eigenvalue weighted by atomic mass is 16.5. The SMILES string of the molecule is C=CCOC1CCC2CC(C3CCc4cc(OCCCCCC)ccc4C3)CCC2C1. The van der Waals surface area contributed by atoms with Crippen LogP contribution in [0.15, 0.2) is 30.9 Å². The van der Waals surface area contributed by atoms with Gasteiger partial charge in [0.05, 0.1) is 19.3 Å². The van der Waals surface area contributed by atoms with E-state index in [1.54, 1.807) is 11.1 Å². The van der Waals surface area contributed by atoms with E-state index in [2.05, 4.69) is 31.7 Å². The van der Waals surface area contributed by atoms with Crippen LogP contribution in [0.25, 0.3) is 0 Å². The van der Waals surface area contributed by atoms with Crippen molar-refractivity contribution in [1.82, 2.24) is 0 Å². The Bertz CT molecular complexity index is 696. The third kappa shape index (κ3) is 6.15. The van der Waals surface area contributed by atoms with Crippen LogP contribution >= 0.6 is 0 Å². The fraction of sp³-hybridized carbons (Fsp3) is 0.724. The van der Waals surface area contributed by atoms with Gasteiger partial charge >= 0.3 is 0 Å². The maximum atomic E-state index is 6.04. The zero-order valence-corrected chi connectivity index (χ0v) is 19.8. The second kappa shape index (κ2) is 11.5. The lowest BCUT2D eigenvalue weighted by Crippen LogP contribution is -2.37. The molecule has 2 heteroatoms. The number of aryl methyl sites for hydroxylation is 1. The smallest absolute Gasteiger partial charge is 0.119 e. The molecule has 0 N–H and O–H groups in total. The molecule has 1 aromatic rings. The van der Waals surface area contributed by atoms with Crippen molar-refractivity contribution in [3.05, 3.63) is 42.0 Å². The molecule has 0 saturated heterocycles. The lowest BCUT2D eigenvalue weighted by molar-refractivity contribution is -0.0137. The fourth-order valence-corrected chi connectivity index (χ4v) is 6.64. The summed E-state index contributed by atoms with van der Waals surface area (Å²) in [7, 11) is 0. The number of hydrogen-bond acceptors (Lipinski definition) is 2. The highest BCUT2D eigenvalue weighted by molar-refractivity contribution is 5.37. The van der Waals surface area contributed by atoms with Gasteiger partial charge in [0.25, 0.3) is 0 Å². The van der Waals surface area contributed by atoms with Crippen molar-refractivity contribution in [1.29, 1.82) is 0 Å². The molecule has 31 heavy (non-hydrogen) atoms. The van der Waals surface area contributed by atoms with E-state index in [9.17, 15) is 0 Å². The number of benzene rings is 1. The summed E-state index contributed by atoms with van der Waals surface area (Å²) >= 11 is 0. The van der Waals surface area contributed by atoms with Crippen molar-refractivity contribution in [3.8, 4) is 5.75 Å². The molecule has 0 aliphatic heterocycles. The Balaban J connectivity index is 1.25. The Morgan fingerprint density at radius 3 is 2.55 bits per heavy atom. The summed E-state index contributed by atoms with van der Waals surface area (Å²) in [6.45, 7) is 7.64. The summed E-state index contributed by atoms with van der Waals surface area (Å²) in [5.41, 5.74) is 3.15. The standard InChI is InChI=1S/C29H44O2/c1-3-5-6-7-17-31-29-15-13-25-19-23(9-11-27(25)21-29)22-8-10-26-20-28(30-16-4-2)14-12-24(26)18-22/h4,13,15,21-24,26,28H,2-3,5-12,14,16-20H2,1H3. The fourth-order valence-electron chi connectivity index (χ4n) is 6.64. The maximum Gasteiger partial charge on any atom is 0.119 e. The zero-order valence-electron chi connectivity index (χ0n) is 19.8. The van der Waals surface area contributed by atoms with Crippen LogP contribution in [-0.2, 0) is 17.6 Å². The molecule has 2 saturated carbocycles. The number of rotatable bonds is 10. The summed E-state index contributed by atoms with van der Waals surface area (Å²) in [6.07, 6.45) is 19.6. The molecule has 172 valence electrons. The molecule has 2 nitrogen and oxygen atoms in total. The van der Waals surface area contributed by atoms with Crippen LogP contribution < -0.4 is 4.74 Å². The van der Waals surface area contributed by atoms with Crippen molar-refractivity contribution in [2.24, 2.45) is 23.7 Å². The van der Waals surface area contributed by atoms with Gasteiger partial charge in [-0.15, -0.1) is 6.58 Å². The van der Waals surface area contributed by atoms with Crippen molar-refractivity contribution in [3.63, 3.8) is 0 Å². The normalized spacial score (nSPS) is 30.3. The van der Waals surface area contributed by atoms with Gasteiger partial charge in [-0.1, -0.05) is 38.3 Å². The van der Waals surface area contributed by atoms with Gasteiger partial charge in [-0.2, -0.15) is 0 Å². The molecular formula is C29H44O2. The van der Waals surface area contributed by atoms with Crippen LogP contribution in [0.4, 0.5) is 0 Å². The van der Waals surface area contributed by atoms with Crippen LogP contribution in [-0.4, -0.2) is 19.3 Å². The molecule has 5 unspecified atom stereocenters. The maximum absolute atomic E-state index is 6.04. The van der Waals surface area contributed by atoms with E-state index < -0.39 is 0 Å². The predicted molar refractivity (Wildman–Crippen MR) is 130 cm³/mol. The largest absolute Gasteiger partial charge is 0.494 e. The summed E-state index contributed by atoms with van der Waals surface area (Å²) in [5.74, 6) is 4.78. The molecule has 2 fully saturated rings. The Morgan fingerprint density at radius 1 is 0.903 bits per heavy atom. The highest BCUT2D eigenvalue weighted by Crippen LogP contribution is 2.47. The minimum atomic E-state index is 0.486. The second-order valence-corrected chi connectivity index (χ2v) is 10.5. The third-order valence-electron chi connectivity index (χ3n) is 8.43. The van der Waals surface area contributed by atoms with E-state index in [1.165, 1.54) is 83.5 Å². The first-order valence-electron chi connectivity index (χ1n) is 13.2. The Kier molecular flexibility index (Phi) is 8.53. The van der Waals surface area contributed by atoms with Crippen LogP contribution in [0.1, 0.15) is 88.7 Å². The van der Waals surface area contributed by atoms with Crippen LogP contribution in [0.3, 0.4) is 0 Å². The van der Waals surface area contributed by atoms with Crippen molar-refractivity contribution < 1.29 is 9.47 Å². The molecule has 0 aromatic heterocycles. The van der Waals surface area contributed by atoms with Crippen molar-refractivity contribution >= 4 is 0 Å². The van der Waals surface area contributed by atoms with Gasteiger partial charge in [0, 0.05) is 0 Å². The van der Waals surface area contributed by atoms with Gasteiger partial charge in [-0.25, -0.2) is 0 Å². The van der Waals surface area contributed by atoms with E-state index in [4.69, 9.17) is 9.47 Å². The van der Waals surface area contributed by atoms with Gasteiger partial charge in [-0.05, 0) is 111 Å². The third-order valence-corrected chi connectivity index (χ3v) is 8.43. The molecule has 0 spiro atoms. The first kappa shape index (κ1) is 22.9. The predicted octanol–water partition coefficient (Wildman–Crippen LogP) is 7.54. The minimum absolute atomic E-state index is 0.486. The Labute approximate surface area is 190 Å². The van der Waals surface area contributed by atoms with Crippen molar-refractivity contribution in [2.75, 3.05) is 13.2 Å². The number of ether oxygens (including phenoxy) is 2. The van der Waals surface area contributed by atoms with Gasteiger partial charge in [0.15, 0.2) is 0 Å². The first-order chi connectivity index (χ1) is 15.3. The topological polar surface area (TPSA) is 18.5 Å². The number of hydrogen-bond donors (Lipinski definition) is 0. The second-order valence-electron chi connectivity index (χ2n) is 10.5. The molecule has 0 bridgehead atoms. The minimum Gasteiger partial charge on any atom is -0.494 e. The molecule has 3 aliphatic rings. The lowest BCUT2D eigenvalue weighted by atomic mass is 9.62. The van der Waals surface area contributed by atoms with Gasteiger partial charge in [0.2, 0.25) is 0 Å². The summed E-state index contributed by atoms with van der Waals surface area (Å²) in [5, 5.41) is 0. The number of fused-ring (bicyclic) bond motifs is 2. The van der Waals surface area contributed by atoms with E-state index in [0.717, 1.165) is 42.6 Å². The quantitative estimate of drug-likeness (QED) is 0.285. The van der Waals surface area contributed by atoms with E-state index >= 15 is 0 Å². The molecule has 0 amide bonds. The summed E-state index contributed by atoms with van der Waals surface area (Å²) in [4.78, 5) is 0. The first-order valence-corrected chi connectivity index (χ1v) is 13.2. The zero-order chi connectivity index (χ0) is 21.5. The highest BCUT2D eigenvalue weighted by Gasteiger charge is 2.38. The molecule has 4 rings (SSSR count). The van der Waals surface area contributed by atoms with Crippen LogP contribution in [0.2, 0.25) is 0 Å². The van der Waals surface area contributed by atoms with Crippen molar-refractivity contribution in [2.45, 2.75) is 96.5 Å². The molecule has 1 aromatic carbocycles. The molecule has 0 heterocycles. The molecule has 3 aliphatic carbocycles. The molecule has 0 radical (unpaired) electrons. The van der Waals surface area contributed by atoms with Gasteiger partial charge in [-0.3, -0.25) is 0 Å². The van der Waals surface area contributed by atoms with E-state index in [0.29, 0.717) is 6.10 Å². The van der Waals surface area contributed by atoms with E-state index in [-0.39, 0.29) is 0 Å². The van der Waals surface area contributed by atoms with Gasteiger partial charge in [0.1, 0.15) is 5.75 Å². The summed E-state index contributed by atoms with van der Waals surface area (Å²) < 4.78 is 12.0. The Hall–Kier alpha value is -1.28. The summed E-state index contributed by atoms with van der Waals surface area (Å²) in [6, 6.07) is 6.94. The van der Waals surface area contributed by atoms with Crippen LogP contribution in [0, 0.1) is 23.7 Å². The monoisotopic (exact) mass is 424 g/mol. The number of unbranched alkanes of at least 4 members (excludes halogenated alkanes) is 3. The van der Waals surface area contributed by atoms with Gasteiger partial charge < -0.3 is 9.47 Å². The Morgan fingerprint density at radius 2 is 1.71 bits per heavy atom. The van der Waals surface area contributed by atoms with E-state index in [1.807, 2.05) is 6.08 Å². The molecular weight excluding hydrogens is 380 g/mol. The average Bonchev–Trinajstić information content (AvgIpc) is 2.81. The molecule has 5 atom stereocenters. The van der Waals surface area contributed by atoms with Crippen LogP contribution in [0.5, 0.6) is 5.75 Å². The average molecular weight is 425 g/mol. The lowest BCUT2D eigenvalue weighted by Gasteiger charge is -2.44.